The third-order valence-corrected chi connectivity index (χ3v) is 4.30. The minimum absolute atomic E-state index is 0.524. The minimum Gasteiger partial charge on any atom is -0.377 e. The lowest BCUT2D eigenvalue weighted by Gasteiger charge is -2.21. The van der Waals surface area contributed by atoms with E-state index in [9.17, 15) is 0 Å². The molecular formula is C11H23NOS. The SMILES string of the molecule is CCNC(C)C(C)SCC1CCCO1. The fraction of sp³-hybridized carbons (Fsp3) is 1.00. The lowest BCUT2D eigenvalue weighted by Crippen LogP contribution is -2.34. The molecule has 2 nitrogen and oxygen atoms in total. The lowest BCUT2D eigenvalue weighted by molar-refractivity contribution is 0.128. The first-order chi connectivity index (χ1) is 6.74. The molecule has 0 saturated carbocycles. The number of rotatable bonds is 6. The third-order valence-electron chi connectivity index (χ3n) is 2.80. The van der Waals surface area contributed by atoms with Gasteiger partial charge in [-0.3, -0.25) is 0 Å². The van der Waals surface area contributed by atoms with E-state index in [2.05, 4.69) is 26.1 Å². The number of thioether (sulfide) groups is 1. The molecule has 0 aromatic carbocycles. The van der Waals surface area contributed by atoms with Crippen molar-refractivity contribution in [3.05, 3.63) is 0 Å². The van der Waals surface area contributed by atoms with Gasteiger partial charge in [-0.1, -0.05) is 13.8 Å². The fourth-order valence-electron chi connectivity index (χ4n) is 1.67. The van der Waals surface area contributed by atoms with Crippen molar-refractivity contribution < 1.29 is 4.74 Å². The molecular weight excluding hydrogens is 194 g/mol. The number of hydrogen-bond donors (Lipinski definition) is 1. The van der Waals surface area contributed by atoms with E-state index in [0.29, 0.717) is 17.4 Å². The van der Waals surface area contributed by atoms with Crippen molar-refractivity contribution in [1.29, 1.82) is 0 Å². The van der Waals surface area contributed by atoms with E-state index in [1.165, 1.54) is 12.8 Å². The summed E-state index contributed by atoms with van der Waals surface area (Å²) in [6, 6.07) is 0.603. The second-order valence-corrected chi connectivity index (χ2v) is 5.43. The third kappa shape index (κ3) is 4.20. The van der Waals surface area contributed by atoms with Gasteiger partial charge in [0.15, 0.2) is 0 Å². The maximum atomic E-state index is 5.60. The summed E-state index contributed by atoms with van der Waals surface area (Å²) >= 11 is 2.03. The summed E-state index contributed by atoms with van der Waals surface area (Å²) in [4.78, 5) is 0. The Hall–Kier alpha value is 0.270. The van der Waals surface area contributed by atoms with Crippen molar-refractivity contribution in [2.24, 2.45) is 0 Å². The lowest BCUT2D eigenvalue weighted by atomic mass is 10.2. The smallest absolute Gasteiger partial charge is 0.0666 e. The maximum absolute atomic E-state index is 5.60. The van der Waals surface area contributed by atoms with Crippen molar-refractivity contribution in [1.82, 2.24) is 5.32 Å². The van der Waals surface area contributed by atoms with Gasteiger partial charge in [0.2, 0.25) is 0 Å². The van der Waals surface area contributed by atoms with Gasteiger partial charge in [0.05, 0.1) is 6.10 Å². The molecule has 0 aromatic rings. The molecule has 0 bridgehead atoms. The van der Waals surface area contributed by atoms with Crippen LogP contribution in [0.3, 0.4) is 0 Å². The van der Waals surface area contributed by atoms with Crippen LogP contribution in [0.2, 0.25) is 0 Å². The molecule has 1 heterocycles. The summed E-state index contributed by atoms with van der Waals surface area (Å²) in [5.74, 6) is 1.16. The predicted molar refractivity (Wildman–Crippen MR) is 64.0 cm³/mol. The van der Waals surface area contributed by atoms with Crippen LogP contribution in [0.25, 0.3) is 0 Å². The quantitative estimate of drug-likeness (QED) is 0.737. The zero-order chi connectivity index (χ0) is 10.4. The van der Waals surface area contributed by atoms with Crippen LogP contribution < -0.4 is 5.32 Å². The standard InChI is InChI=1S/C11H23NOS/c1-4-12-9(2)10(3)14-8-11-6-5-7-13-11/h9-12H,4-8H2,1-3H3. The number of hydrogen-bond acceptors (Lipinski definition) is 3. The van der Waals surface area contributed by atoms with Crippen molar-refractivity contribution in [2.75, 3.05) is 18.9 Å². The van der Waals surface area contributed by atoms with E-state index in [1.807, 2.05) is 11.8 Å². The van der Waals surface area contributed by atoms with Crippen molar-refractivity contribution in [3.63, 3.8) is 0 Å². The summed E-state index contributed by atoms with van der Waals surface area (Å²) in [5, 5.41) is 4.14. The van der Waals surface area contributed by atoms with Crippen molar-refractivity contribution in [2.45, 2.75) is 51.0 Å². The average molecular weight is 217 g/mol. The highest BCUT2D eigenvalue weighted by Crippen LogP contribution is 2.21. The topological polar surface area (TPSA) is 21.3 Å². The van der Waals surface area contributed by atoms with E-state index in [4.69, 9.17) is 4.74 Å². The fourth-order valence-corrected chi connectivity index (χ4v) is 2.83. The van der Waals surface area contributed by atoms with Gasteiger partial charge in [-0.05, 0) is 26.3 Å². The molecule has 0 radical (unpaired) electrons. The van der Waals surface area contributed by atoms with Crippen LogP contribution in [-0.2, 0) is 4.74 Å². The highest BCUT2D eigenvalue weighted by molar-refractivity contribution is 7.99. The first-order valence-electron chi connectivity index (χ1n) is 5.70. The maximum Gasteiger partial charge on any atom is 0.0666 e. The molecule has 3 unspecified atom stereocenters. The summed E-state index contributed by atoms with van der Waals surface area (Å²) in [6.45, 7) is 8.76. The summed E-state index contributed by atoms with van der Waals surface area (Å²) in [6.07, 6.45) is 3.04. The molecule has 1 N–H and O–H groups in total. The molecule has 1 rings (SSSR count). The molecule has 3 heteroatoms. The number of nitrogens with one attached hydrogen (secondary N) is 1. The Balaban J connectivity index is 2.09. The summed E-state index contributed by atoms with van der Waals surface area (Å²) in [5.41, 5.74) is 0. The van der Waals surface area contributed by atoms with Gasteiger partial charge in [0.25, 0.3) is 0 Å². The van der Waals surface area contributed by atoms with Crippen LogP contribution in [-0.4, -0.2) is 36.3 Å². The Bertz CT molecular complexity index is 148. The Morgan fingerprint density at radius 3 is 2.86 bits per heavy atom. The monoisotopic (exact) mass is 217 g/mol. The normalized spacial score (nSPS) is 26.4. The predicted octanol–water partition coefficient (Wildman–Crippen LogP) is 2.29. The van der Waals surface area contributed by atoms with Crippen LogP contribution in [0, 0.1) is 0 Å². The van der Waals surface area contributed by atoms with Crippen LogP contribution in [0.15, 0.2) is 0 Å². The van der Waals surface area contributed by atoms with Gasteiger partial charge < -0.3 is 10.1 Å². The zero-order valence-corrected chi connectivity index (χ0v) is 10.4. The molecule has 0 aliphatic carbocycles. The average Bonchev–Trinajstić information content (AvgIpc) is 2.67. The molecule has 0 aromatic heterocycles. The molecule has 1 aliphatic rings. The Labute approximate surface area is 92.2 Å². The van der Waals surface area contributed by atoms with E-state index in [1.54, 1.807) is 0 Å². The van der Waals surface area contributed by atoms with Crippen molar-refractivity contribution in [3.8, 4) is 0 Å². The Morgan fingerprint density at radius 2 is 2.29 bits per heavy atom. The van der Waals surface area contributed by atoms with Gasteiger partial charge in [-0.25, -0.2) is 0 Å². The Kier molecular flexibility index (Phi) is 5.90. The zero-order valence-electron chi connectivity index (χ0n) is 9.58. The molecule has 84 valence electrons. The summed E-state index contributed by atoms with van der Waals surface area (Å²) < 4.78 is 5.60. The van der Waals surface area contributed by atoms with Crippen LogP contribution in [0.1, 0.15) is 33.6 Å². The second kappa shape index (κ2) is 6.70. The molecule has 1 saturated heterocycles. The van der Waals surface area contributed by atoms with Crippen molar-refractivity contribution >= 4 is 11.8 Å². The Morgan fingerprint density at radius 1 is 1.50 bits per heavy atom. The van der Waals surface area contributed by atoms with E-state index < -0.39 is 0 Å². The molecule has 0 amide bonds. The van der Waals surface area contributed by atoms with E-state index in [0.717, 1.165) is 18.9 Å². The molecule has 1 fully saturated rings. The largest absolute Gasteiger partial charge is 0.377 e. The van der Waals surface area contributed by atoms with Gasteiger partial charge >= 0.3 is 0 Å². The highest BCUT2D eigenvalue weighted by atomic mass is 32.2. The van der Waals surface area contributed by atoms with E-state index >= 15 is 0 Å². The molecule has 0 spiro atoms. The number of ether oxygens (including phenoxy) is 1. The first kappa shape index (κ1) is 12.3. The van der Waals surface area contributed by atoms with Crippen LogP contribution >= 0.6 is 11.8 Å². The van der Waals surface area contributed by atoms with Gasteiger partial charge in [0.1, 0.15) is 0 Å². The van der Waals surface area contributed by atoms with Crippen LogP contribution in [0.4, 0.5) is 0 Å². The van der Waals surface area contributed by atoms with Crippen LogP contribution in [0.5, 0.6) is 0 Å². The second-order valence-electron chi connectivity index (χ2n) is 4.02. The van der Waals surface area contributed by atoms with Gasteiger partial charge in [0, 0.05) is 23.7 Å². The van der Waals surface area contributed by atoms with E-state index in [-0.39, 0.29) is 0 Å². The van der Waals surface area contributed by atoms with Gasteiger partial charge in [-0.2, -0.15) is 11.8 Å². The first-order valence-corrected chi connectivity index (χ1v) is 6.75. The molecule has 3 atom stereocenters. The summed E-state index contributed by atoms with van der Waals surface area (Å²) in [7, 11) is 0. The molecule has 1 aliphatic heterocycles. The highest BCUT2D eigenvalue weighted by Gasteiger charge is 2.18. The minimum atomic E-state index is 0.524. The van der Waals surface area contributed by atoms with Gasteiger partial charge in [-0.15, -0.1) is 0 Å². The molecule has 14 heavy (non-hydrogen) atoms.